The SMILES string of the molecule is CCCC1(C)CC(CCCNc2cccc(S(=O)(=O)NC(=O)c3ccc(-n4ccc(OCCC5(C(F)(F)F)CC5)n4)nc3Cl)n2)CN1C(=O)OC(C)(C)C. The highest BCUT2D eigenvalue weighted by Gasteiger charge is 2.62. The van der Waals surface area contributed by atoms with E-state index in [0.717, 1.165) is 32.1 Å². The second-order valence-electron chi connectivity index (χ2n) is 15.3. The first kappa shape index (κ1) is 41.1. The number of carbonyl (C=O) groups excluding carboxylic acids is 2. The molecule has 2 amide bonds. The number of amides is 2. The summed E-state index contributed by atoms with van der Waals surface area (Å²) in [4.78, 5) is 36.2. The fourth-order valence-corrected chi connectivity index (χ4v) is 7.94. The minimum Gasteiger partial charge on any atom is -0.477 e. The predicted octanol–water partition coefficient (Wildman–Crippen LogP) is 7.55. The maximum atomic E-state index is 13.2. The van der Waals surface area contributed by atoms with E-state index in [2.05, 4.69) is 34.2 Å². The molecule has 2 fully saturated rings. The third-order valence-corrected chi connectivity index (χ3v) is 11.2. The lowest BCUT2D eigenvalue weighted by molar-refractivity contribution is -0.190. The lowest BCUT2D eigenvalue weighted by atomic mass is 9.88. The molecule has 296 valence electrons. The summed E-state index contributed by atoms with van der Waals surface area (Å²) >= 11 is 6.27. The van der Waals surface area contributed by atoms with Crippen LogP contribution in [-0.4, -0.2) is 82.1 Å². The van der Waals surface area contributed by atoms with Gasteiger partial charge in [-0.05, 0) is 103 Å². The normalized spacial score (nSPS) is 19.7. The zero-order chi connectivity index (χ0) is 39.5. The second kappa shape index (κ2) is 15.9. The Labute approximate surface area is 318 Å². The molecular weight excluding hydrogens is 751 g/mol. The van der Waals surface area contributed by atoms with Crippen molar-refractivity contribution in [3.8, 4) is 11.7 Å². The summed E-state index contributed by atoms with van der Waals surface area (Å²) in [5.74, 6) is -0.201. The highest BCUT2D eigenvalue weighted by Crippen LogP contribution is 2.59. The zero-order valence-corrected chi connectivity index (χ0v) is 32.6. The smallest absolute Gasteiger partial charge is 0.410 e. The molecule has 2 unspecified atom stereocenters. The molecule has 54 heavy (non-hydrogen) atoms. The molecule has 13 nitrogen and oxygen atoms in total. The minimum atomic E-state index is -4.41. The fraction of sp³-hybridized carbons (Fsp3) is 0.583. The van der Waals surface area contributed by atoms with Crippen LogP contribution in [0.4, 0.5) is 23.8 Å². The number of hydrogen-bond acceptors (Lipinski definition) is 10. The standard InChI is InChI=1S/C36H47ClF3N7O6S/c1-6-15-34(5)22-24(23-46(34)32(49)53-33(2,3)4)9-8-19-41-26-10-7-11-29(42-26)54(50,51)45-31(48)25-12-13-27(43-30(25)37)47-20-14-28(44-47)52-21-18-35(16-17-35)36(38,39)40/h7,10-14,20,24H,6,8-9,15-19,21-23H2,1-5H3,(H,41,42)(H,45,48). The molecule has 18 heteroatoms. The maximum absolute atomic E-state index is 13.2. The lowest BCUT2D eigenvalue weighted by Crippen LogP contribution is -2.47. The Hall–Kier alpha value is -4.12. The minimum absolute atomic E-state index is 0.0818. The first-order valence-corrected chi connectivity index (χ1v) is 19.8. The first-order valence-electron chi connectivity index (χ1n) is 17.9. The van der Waals surface area contributed by atoms with Crippen molar-refractivity contribution in [2.24, 2.45) is 11.3 Å². The van der Waals surface area contributed by atoms with E-state index < -0.39 is 33.1 Å². The largest absolute Gasteiger partial charge is 0.477 e. The number of hydrogen-bond donors (Lipinski definition) is 2. The van der Waals surface area contributed by atoms with Crippen molar-refractivity contribution in [2.75, 3.05) is 25.0 Å². The van der Waals surface area contributed by atoms with E-state index in [4.69, 9.17) is 21.1 Å². The number of nitrogens with zero attached hydrogens (tertiary/aromatic N) is 5. The molecule has 2 aliphatic rings. The first-order chi connectivity index (χ1) is 25.2. The Kier molecular flexibility index (Phi) is 12.1. The van der Waals surface area contributed by atoms with Crippen LogP contribution in [0, 0.1) is 11.3 Å². The number of aromatic nitrogens is 4. The number of anilines is 1. The van der Waals surface area contributed by atoms with Crippen molar-refractivity contribution in [3.05, 3.63) is 53.3 Å². The van der Waals surface area contributed by atoms with Crippen molar-refractivity contribution in [3.63, 3.8) is 0 Å². The van der Waals surface area contributed by atoms with Gasteiger partial charge in [0, 0.05) is 30.9 Å². The van der Waals surface area contributed by atoms with Gasteiger partial charge in [0.15, 0.2) is 10.8 Å². The molecule has 3 aromatic heterocycles. The third kappa shape index (κ3) is 9.94. The van der Waals surface area contributed by atoms with Gasteiger partial charge in [0.2, 0.25) is 5.88 Å². The number of alkyl halides is 3. The van der Waals surface area contributed by atoms with E-state index >= 15 is 0 Å². The summed E-state index contributed by atoms with van der Waals surface area (Å²) in [6.45, 7) is 10.7. The molecule has 1 aliphatic heterocycles. The van der Waals surface area contributed by atoms with Crippen LogP contribution in [0.5, 0.6) is 5.88 Å². The average Bonchev–Trinajstić information content (AvgIpc) is 3.61. The highest BCUT2D eigenvalue weighted by molar-refractivity contribution is 7.90. The Morgan fingerprint density at radius 3 is 2.46 bits per heavy atom. The van der Waals surface area contributed by atoms with E-state index in [-0.39, 0.29) is 70.9 Å². The number of ether oxygens (including phenoxy) is 2. The van der Waals surface area contributed by atoms with Gasteiger partial charge < -0.3 is 19.7 Å². The van der Waals surface area contributed by atoms with Gasteiger partial charge in [0.25, 0.3) is 15.9 Å². The molecule has 4 heterocycles. The molecular formula is C36H47ClF3N7O6S. The molecule has 0 spiro atoms. The summed E-state index contributed by atoms with van der Waals surface area (Å²) in [6, 6.07) is 8.48. The van der Waals surface area contributed by atoms with Crippen molar-refractivity contribution in [1.29, 1.82) is 0 Å². The molecule has 0 radical (unpaired) electrons. The zero-order valence-electron chi connectivity index (χ0n) is 31.0. The molecule has 2 N–H and O–H groups in total. The van der Waals surface area contributed by atoms with Crippen LogP contribution in [-0.2, 0) is 14.8 Å². The van der Waals surface area contributed by atoms with Crippen LogP contribution in [0.15, 0.2) is 47.6 Å². The number of sulfonamides is 1. The maximum Gasteiger partial charge on any atom is 0.410 e. The number of likely N-dealkylation sites (tertiary alicyclic amines) is 1. The van der Waals surface area contributed by atoms with Crippen LogP contribution in [0.1, 0.15) is 96.3 Å². The van der Waals surface area contributed by atoms with E-state index in [9.17, 15) is 31.2 Å². The number of rotatable bonds is 15. The number of pyridine rings is 2. The van der Waals surface area contributed by atoms with Gasteiger partial charge in [0.05, 0.1) is 17.6 Å². The molecule has 1 saturated carbocycles. The number of halogens is 4. The summed E-state index contributed by atoms with van der Waals surface area (Å²) in [6.07, 6.45) is 1.16. The lowest BCUT2D eigenvalue weighted by Gasteiger charge is -2.36. The summed E-state index contributed by atoms with van der Waals surface area (Å²) in [5.41, 5.74) is -2.78. The molecule has 1 saturated heterocycles. The molecule has 2 atom stereocenters. The molecule has 3 aromatic rings. The van der Waals surface area contributed by atoms with Crippen molar-refractivity contribution in [2.45, 2.75) is 108 Å². The second-order valence-corrected chi connectivity index (χ2v) is 17.2. The van der Waals surface area contributed by atoms with Crippen molar-refractivity contribution in [1.82, 2.24) is 29.4 Å². The number of nitrogens with one attached hydrogen (secondary N) is 2. The Balaban J connectivity index is 1.12. The van der Waals surface area contributed by atoms with Crippen LogP contribution in [0.25, 0.3) is 5.82 Å². The Bertz CT molecular complexity index is 1930. The Morgan fingerprint density at radius 1 is 1.07 bits per heavy atom. The van der Waals surface area contributed by atoms with Crippen LogP contribution in [0.3, 0.4) is 0 Å². The molecule has 0 aromatic carbocycles. The van der Waals surface area contributed by atoms with Gasteiger partial charge in [-0.1, -0.05) is 31.0 Å². The van der Waals surface area contributed by atoms with Gasteiger partial charge >= 0.3 is 12.3 Å². The van der Waals surface area contributed by atoms with Crippen LogP contribution >= 0.6 is 11.6 Å². The summed E-state index contributed by atoms with van der Waals surface area (Å²) in [5, 5.41) is 6.60. The average molecular weight is 798 g/mol. The summed E-state index contributed by atoms with van der Waals surface area (Å²) in [7, 11) is -4.41. The van der Waals surface area contributed by atoms with E-state index in [0.29, 0.717) is 18.9 Å². The van der Waals surface area contributed by atoms with Gasteiger partial charge in [-0.15, -0.1) is 5.10 Å². The van der Waals surface area contributed by atoms with E-state index in [1.165, 1.54) is 41.2 Å². The Morgan fingerprint density at radius 2 is 1.81 bits per heavy atom. The van der Waals surface area contributed by atoms with Crippen LogP contribution in [0.2, 0.25) is 5.15 Å². The topological polar surface area (TPSA) is 158 Å². The van der Waals surface area contributed by atoms with Crippen molar-refractivity contribution >= 4 is 39.4 Å². The quantitative estimate of drug-likeness (QED) is 0.116. The number of carbonyl (C=O) groups is 2. The van der Waals surface area contributed by atoms with Gasteiger partial charge in [-0.3, -0.25) is 4.79 Å². The van der Waals surface area contributed by atoms with Gasteiger partial charge in [-0.25, -0.2) is 24.2 Å². The molecule has 1 aliphatic carbocycles. The van der Waals surface area contributed by atoms with Crippen LogP contribution < -0.4 is 14.8 Å². The van der Waals surface area contributed by atoms with E-state index in [1.807, 2.05) is 30.4 Å². The summed E-state index contributed by atoms with van der Waals surface area (Å²) < 4.78 is 80.2. The predicted molar refractivity (Wildman–Crippen MR) is 195 cm³/mol. The van der Waals surface area contributed by atoms with Gasteiger partial charge in [-0.2, -0.15) is 21.6 Å². The van der Waals surface area contributed by atoms with E-state index in [1.54, 1.807) is 6.07 Å². The molecule has 0 bridgehead atoms. The molecule has 5 rings (SSSR count). The van der Waals surface area contributed by atoms with Gasteiger partial charge in [0.1, 0.15) is 16.6 Å². The fourth-order valence-electron chi connectivity index (χ4n) is 6.77. The third-order valence-electron chi connectivity index (χ3n) is 9.71. The highest BCUT2D eigenvalue weighted by atomic mass is 35.5. The van der Waals surface area contributed by atoms with Crippen molar-refractivity contribution < 1.29 is 40.7 Å². The monoisotopic (exact) mass is 797 g/mol.